The number of carboxylic acids is 1. The molecule has 0 amide bonds. The molecule has 20 heavy (non-hydrogen) atoms. The number of aliphatic hydroxyl groups is 2. The molecule has 0 unspecified atom stereocenters. The third-order valence-corrected chi connectivity index (χ3v) is 2.44. The average molecular weight is 282 g/mol. The number of carbonyl (C=O) groups excluding carboxylic acids is 2. The molecule has 2 rings (SSSR count). The SMILES string of the molecule is CCCC(O)O.O=C(O)c1ccc2c(c1)C(=O)OC2=O. The van der Waals surface area contributed by atoms with Crippen molar-refractivity contribution in [3.8, 4) is 0 Å². The highest BCUT2D eigenvalue weighted by atomic mass is 16.6. The molecule has 3 N–H and O–H groups in total. The normalized spacial score (nSPS) is 12.6. The molecule has 0 spiro atoms. The Morgan fingerprint density at radius 1 is 1.20 bits per heavy atom. The van der Waals surface area contributed by atoms with Crippen LogP contribution in [-0.4, -0.2) is 39.5 Å². The minimum Gasteiger partial charge on any atom is -0.478 e. The van der Waals surface area contributed by atoms with Gasteiger partial charge in [0.05, 0.1) is 16.7 Å². The topological polar surface area (TPSA) is 121 Å². The van der Waals surface area contributed by atoms with Crippen molar-refractivity contribution in [2.45, 2.75) is 26.1 Å². The van der Waals surface area contributed by atoms with E-state index in [9.17, 15) is 14.4 Å². The van der Waals surface area contributed by atoms with Crippen LogP contribution in [0.25, 0.3) is 0 Å². The summed E-state index contributed by atoms with van der Waals surface area (Å²) in [5.74, 6) is -2.69. The zero-order valence-electron chi connectivity index (χ0n) is 10.7. The molecule has 0 radical (unpaired) electrons. The monoisotopic (exact) mass is 282 g/mol. The van der Waals surface area contributed by atoms with Crippen LogP contribution >= 0.6 is 0 Å². The van der Waals surface area contributed by atoms with Crippen LogP contribution in [0.4, 0.5) is 0 Å². The summed E-state index contributed by atoms with van der Waals surface area (Å²) in [5, 5.41) is 24.8. The van der Waals surface area contributed by atoms with Crippen LogP contribution in [0.15, 0.2) is 18.2 Å². The van der Waals surface area contributed by atoms with Gasteiger partial charge < -0.3 is 20.1 Å². The minimum atomic E-state index is -1.15. The van der Waals surface area contributed by atoms with Crippen molar-refractivity contribution in [3.63, 3.8) is 0 Å². The minimum absolute atomic E-state index is 0.00917. The second-order valence-corrected chi connectivity index (χ2v) is 4.01. The van der Waals surface area contributed by atoms with Gasteiger partial charge in [0.25, 0.3) is 0 Å². The second kappa shape index (κ2) is 6.78. The third-order valence-electron chi connectivity index (χ3n) is 2.44. The summed E-state index contributed by atoms with van der Waals surface area (Å²) < 4.78 is 4.30. The van der Waals surface area contributed by atoms with Gasteiger partial charge >= 0.3 is 17.9 Å². The van der Waals surface area contributed by atoms with Crippen molar-refractivity contribution >= 4 is 17.9 Å². The van der Waals surface area contributed by atoms with Gasteiger partial charge in [-0.25, -0.2) is 14.4 Å². The van der Waals surface area contributed by atoms with E-state index in [-0.39, 0.29) is 16.7 Å². The number of aliphatic hydroxyl groups excluding tert-OH is 1. The molecule has 0 aliphatic carbocycles. The maximum absolute atomic E-state index is 11.0. The van der Waals surface area contributed by atoms with Crippen LogP contribution in [0.3, 0.4) is 0 Å². The summed E-state index contributed by atoms with van der Waals surface area (Å²) in [4.78, 5) is 32.5. The zero-order chi connectivity index (χ0) is 15.3. The lowest BCUT2D eigenvalue weighted by molar-refractivity contribution is -0.0453. The van der Waals surface area contributed by atoms with Gasteiger partial charge in [0.1, 0.15) is 0 Å². The highest BCUT2D eigenvalue weighted by molar-refractivity contribution is 6.15. The van der Waals surface area contributed by atoms with Crippen LogP contribution in [0.2, 0.25) is 0 Å². The van der Waals surface area contributed by atoms with Crippen molar-refractivity contribution in [3.05, 3.63) is 34.9 Å². The third kappa shape index (κ3) is 3.87. The lowest BCUT2D eigenvalue weighted by Crippen LogP contribution is -2.01. The van der Waals surface area contributed by atoms with Crippen molar-refractivity contribution in [1.82, 2.24) is 0 Å². The summed E-state index contributed by atoms with van der Waals surface area (Å²) in [5.41, 5.74) is 0.0744. The quantitative estimate of drug-likeness (QED) is 0.425. The Labute approximate surface area is 114 Å². The molecule has 0 saturated heterocycles. The van der Waals surface area contributed by atoms with E-state index in [4.69, 9.17) is 15.3 Å². The van der Waals surface area contributed by atoms with Crippen molar-refractivity contribution < 1.29 is 34.4 Å². The fourth-order valence-corrected chi connectivity index (χ4v) is 1.48. The Kier molecular flexibility index (Phi) is 5.36. The van der Waals surface area contributed by atoms with E-state index >= 15 is 0 Å². The fourth-order valence-electron chi connectivity index (χ4n) is 1.48. The molecular weight excluding hydrogens is 268 g/mol. The molecule has 0 fully saturated rings. The lowest BCUT2D eigenvalue weighted by Gasteiger charge is -1.94. The number of esters is 2. The molecule has 1 aliphatic heterocycles. The first-order valence-corrected chi connectivity index (χ1v) is 5.86. The molecule has 1 aromatic rings. The van der Waals surface area contributed by atoms with Gasteiger partial charge in [-0.1, -0.05) is 13.3 Å². The van der Waals surface area contributed by atoms with E-state index in [2.05, 4.69) is 4.74 Å². The Balaban J connectivity index is 0.000000286. The number of carboxylic acid groups (broad SMARTS) is 1. The summed E-state index contributed by atoms with van der Waals surface area (Å²) in [6, 6.07) is 3.65. The number of hydrogen-bond donors (Lipinski definition) is 3. The second-order valence-electron chi connectivity index (χ2n) is 4.01. The number of carbonyl (C=O) groups is 3. The largest absolute Gasteiger partial charge is 0.478 e. The zero-order valence-corrected chi connectivity index (χ0v) is 10.7. The highest BCUT2D eigenvalue weighted by Gasteiger charge is 2.30. The van der Waals surface area contributed by atoms with Gasteiger partial charge in [0.15, 0.2) is 6.29 Å². The van der Waals surface area contributed by atoms with Gasteiger partial charge in [-0.2, -0.15) is 0 Å². The molecule has 0 bridgehead atoms. The van der Waals surface area contributed by atoms with Crippen molar-refractivity contribution in [1.29, 1.82) is 0 Å². The molecule has 0 aromatic heterocycles. The first-order valence-electron chi connectivity index (χ1n) is 5.86. The molecule has 0 saturated carbocycles. The van der Waals surface area contributed by atoms with Crippen molar-refractivity contribution in [2.75, 3.05) is 0 Å². The van der Waals surface area contributed by atoms with Gasteiger partial charge in [-0.05, 0) is 24.6 Å². The predicted molar refractivity (Wildman–Crippen MR) is 66.3 cm³/mol. The summed E-state index contributed by atoms with van der Waals surface area (Å²) in [7, 11) is 0. The summed E-state index contributed by atoms with van der Waals surface area (Å²) in [6.07, 6.45) is 0.215. The first-order chi connectivity index (χ1) is 9.36. The number of ether oxygens (including phenoxy) is 1. The predicted octanol–water partition coefficient (Wildman–Crippen LogP) is 0.793. The van der Waals surface area contributed by atoms with Gasteiger partial charge in [-0.15, -0.1) is 0 Å². The van der Waals surface area contributed by atoms with Crippen LogP contribution < -0.4 is 0 Å². The standard InChI is InChI=1S/C9H4O5.C4H10O2/c10-7(11)4-1-2-5-6(3-4)9(13)14-8(5)12;1-2-3-4(5)6/h1-3H,(H,10,11);4-6H,2-3H2,1H3. The Hall–Kier alpha value is -2.25. The van der Waals surface area contributed by atoms with E-state index in [1.807, 2.05) is 6.92 Å². The van der Waals surface area contributed by atoms with E-state index < -0.39 is 24.2 Å². The van der Waals surface area contributed by atoms with E-state index in [1.165, 1.54) is 12.1 Å². The maximum atomic E-state index is 11.0. The smallest absolute Gasteiger partial charge is 0.346 e. The number of aromatic carboxylic acids is 1. The van der Waals surface area contributed by atoms with E-state index in [1.54, 1.807) is 0 Å². The number of fused-ring (bicyclic) bond motifs is 1. The molecule has 0 atom stereocenters. The molecule has 1 aliphatic rings. The van der Waals surface area contributed by atoms with Gasteiger partial charge in [0, 0.05) is 0 Å². The fraction of sp³-hybridized carbons (Fsp3) is 0.308. The molecule has 7 nitrogen and oxygen atoms in total. The Bertz CT molecular complexity index is 534. The first kappa shape index (κ1) is 15.8. The number of rotatable bonds is 3. The van der Waals surface area contributed by atoms with Crippen LogP contribution in [0, 0.1) is 0 Å². The molecule has 7 heteroatoms. The average Bonchev–Trinajstić information content (AvgIpc) is 2.65. The molecule has 1 aromatic carbocycles. The van der Waals surface area contributed by atoms with Crippen LogP contribution in [-0.2, 0) is 4.74 Å². The van der Waals surface area contributed by atoms with Gasteiger partial charge in [-0.3, -0.25) is 0 Å². The maximum Gasteiger partial charge on any atom is 0.346 e. The summed E-state index contributed by atoms with van der Waals surface area (Å²) in [6.45, 7) is 1.90. The van der Waals surface area contributed by atoms with Gasteiger partial charge in [0.2, 0.25) is 0 Å². The Morgan fingerprint density at radius 2 is 1.80 bits per heavy atom. The van der Waals surface area contributed by atoms with E-state index in [0.29, 0.717) is 6.42 Å². The number of benzene rings is 1. The van der Waals surface area contributed by atoms with Crippen molar-refractivity contribution in [2.24, 2.45) is 0 Å². The Morgan fingerprint density at radius 3 is 2.25 bits per heavy atom. The highest BCUT2D eigenvalue weighted by Crippen LogP contribution is 2.20. The molecule has 1 heterocycles. The number of hydrogen-bond acceptors (Lipinski definition) is 6. The molecule has 108 valence electrons. The van der Waals surface area contributed by atoms with Crippen LogP contribution in [0.5, 0.6) is 0 Å². The molecular formula is C13H14O7. The van der Waals surface area contributed by atoms with Crippen LogP contribution in [0.1, 0.15) is 50.8 Å². The lowest BCUT2D eigenvalue weighted by atomic mass is 10.1. The summed E-state index contributed by atoms with van der Waals surface area (Å²) >= 11 is 0. The number of cyclic esters (lactones) is 2. The van der Waals surface area contributed by atoms with E-state index in [0.717, 1.165) is 12.5 Å².